The van der Waals surface area contributed by atoms with Crippen LogP contribution in [0.1, 0.15) is 5.56 Å². The predicted octanol–water partition coefficient (Wildman–Crippen LogP) is 3.74. The van der Waals surface area contributed by atoms with Crippen molar-refractivity contribution < 1.29 is 26.7 Å². The lowest BCUT2D eigenvalue weighted by Crippen LogP contribution is -2.20. The first-order chi connectivity index (χ1) is 11.7. The molecular weight excluding hydrogens is 357 g/mol. The van der Waals surface area contributed by atoms with Crippen molar-refractivity contribution in [3.05, 3.63) is 48.2 Å². The van der Waals surface area contributed by atoms with Crippen molar-refractivity contribution in [2.24, 2.45) is 0 Å². The number of hydrogen-bond acceptors (Lipinski definition) is 4. The molecule has 1 aromatic heterocycles. The van der Waals surface area contributed by atoms with E-state index in [9.17, 15) is 26.7 Å². The van der Waals surface area contributed by atoms with E-state index in [1.54, 1.807) is 0 Å². The second-order valence-corrected chi connectivity index (χ2v) is 7.18. The molecule has 5 nitrogen and oxygen atoms in total. The number of alkyl halides is 3. The van der Waals surface area contributed by atoms with Crippen LogP contribution in [0.15, 0.2) is 47.5 Å². The minimum absolute atomic E-state index is 0.0419. The van der Waals surface area contributed by atoms with E-state index in [0.717, 1.165) is 18.2 Å². The van der Waals surface area contributed by atoms with E-state index in [2.05, 4.69) is 9.71 Å². The summed E-state index contributed by atoms with van der Waals surface area (Å²) in [7, 11) is -4.06. The molecule has 0 fully saturated rings. The number of halogens is 3. The van der Waals surface area contributed by atoms with Gasteiger partial charge in [0.2, 0.25) is 0 Å². The normalized spacial score (nSPS) is 15.3. The highest BCUT2D eigenvalue weighted by molar-refractivity contribution is 7.93. The Kier molecular flexibility index (Phi) is 3.05. The van der Waals surface area contributed by atoms with Crippen LogP contribution < -0.4 is 4.72 Å². The molecular formula is C16H9F3N2O3S. The molecule has 9 heteroatoms. The zero-order valence-electron chi connectivity index (χ0n) is 12.3. The van der Waals surface area contributed by atoms with E-state index < -0.39 is 21.8 Å². The van der Waals surface area contributed by atoms with Crippen molar-refractivity contribution in [1.82, 2.24) is 4.98 Å². The number of hydrogen-bond donors (Lipinski definition) is 2. The van der Waals surface area contributed by atoms with E-state index in [1.807, 2.05) is 0 Å². The molecule has 3 aromatic rings. The highest BCUT2D eigenvalue weighted by atomic mass is 32.2. The molecule has 128 valence electrons. The molecule has 0 amide bonds. The smallest absolute Gasteiger partial charge is 0.416 e. The van der Waals surface area contributed by atoms with Gasteiger partial charge in [0, 0.05) is 22.7 Å². The summed E-state index contributed by atoms with van der Waals surface area (Å²) >= 11 is 0. The Balaban J connectivity index is 2.10. The number of anilines is 1. The summed E-state index contributed by atoms with van der Waals surface area (Å²) in [5.74, 6) is -0.109. The van der Waals surface area contributed by atoms with Crippen molar-refractivity contribution in [2.75, 3.05) is 4.72 Å². The molecule has 0 aliphatic carbocycles. The van der Waals surface area contributed by atoms with Crippen LogP contribution in [0.4, 0.5) is 18.9 Å². The fourth-order valence-electron chi connectivity index (χ4n) is 2.87. The number of pyridine rings is 1. The lowest BCUT2D eigenvalue weighted by molar-refractivity contribution is -0.137. The van der Waals surface area contributed by atoms with E-state index in [4.69, 9.17) is 0 Å². The third kappa shape index (κ3) is 2.30. The molecule has 2 N–H and O–H groups in total. The summed E-state index contributed by atoms with van der Waals surface area (Å²) < 4.78 is 66.3. The molecule has 2 heterocycles. The summed E-state index contributed by atoms with van der Waals surface area (Å²) in [4.78, 5) is 3.81. The van der Waals surface area contributed by atoms with Gasteiger partial charge in [-0.05, 0) is 30.3 Å². The predicted molar refractivity (Wildman–Crippen MR) is 84.7 cm³/mol. The third-order valence-corrected chi connectivity index (χ3v) is 5.42. The Morgan fingerprint density at radius 1 is 1.04 bits per heavy atom. The first kappa shape index (κ1) is 15.7. The summed E-state index contributed by atoms with van der Waals surface area (Å²) in [5, 5.41) is 10.2. The molecule has 0 radical (unpaired) electrons. The number of aromatic hydroxyl groups is 1. The Labute approximate surface area is 139 Å². The Morgan fingerprint density at radius 2 is 1.80 bits per heavy atom. The van der Waals surface area contributed by atoms with Gasteiger partial charge in [0.05, 0.1) is 21.7 Å². The van der Waals surface area contributed by atoms with Crippen LogP contribution in [0.25, 0.3) is 22.0 Å². The number of sulfonamides is 1. The van der Waals surface area contributed by atoms with Gasteiger partial charge in [-0.15, -0.1) is 0 Å². The van der Waals surface area contributed by atoms with E-state index in [1.165, 1.54) is 24.4 Å². The molecule has 1 aliphatic heterocycles. The standard InChI is InChI=1S/C16H9F3N2O3S/c17-16(18,19)8-1-4-13-11(7-8)9-2-3-10-12(22)5-6-20-14(10)15(9)21-25(13,23)24/h1-7,21H,(H,20,22). The van der Waals surface area contributed by atoms with Gasteiger partial charge < -0.3 is 5.11 Å². The van der Waals surface area contributed by atoms with Gasteiger partial charge in [0.15, 0.2) is 0 Å². The molecule has 0 atom stereocenters. The number of nitrogens with one attached hydrogen (secondary N) is 1. The summed E-state index contributed by atoms with van der Waals surface area (Å²) in [6.45, 7) is 0. The number of fused-ring (bicyclic) bond motifs is 5. The average Bonchev–Trinajstić information content (AvgIpc) is 2.54. The molecule has 0 unspecified atom stereocenters. The number of rotatable bonds is 0. The zero-order valence-corrected chi connectivity index (χ0v) is 13.1. The SMILES string of the molecule is O=S1(=O)Nc2c(ccc3c(O)ccnc23)-c2cc(C(F)(F)F)ccc21. The topological polar surface area (TPSA) is 79.3 Å². The summed E-state index contributed by atoms with van der Waals surface area (Å²) in [6.07, 6.45) is -3.31. The van der Waals surface area contributed by atoms with E-state index in [-0.39, 0.29) is 33.0 Å². The number of nitrogens with zero attached hydrogens (tertiary/aromatic N) is 1. The maximum absolute atomic E-state index is 13.0. The van der Waals surface area contributed by atoms with Crippen molar-refractivity contribution in [2.45, 2.75) is 11.1 Å². The highest BCUT2D eigenvalue weighted by Crippen LogP contribution is 2.45. The number of aromatic nitrogens is 1. The fraction of sp³-hybridized carbons (Fsp3) is 0.0625. The van der Waals surface area contributed by atoms with Gasteiger partial charge in [-0.1, -0.05) is 6.07 Å². The third-order valence-electron chi connectivity index (χ3n) is 4.01. The van der Waals surface area contributed by atoms with Gasteiger partial charge in [0.25, 0.3) is 10.0 Å². The van der Waals surface area contributed by atoms with Crippen molar-refractivity contribution >= 4 is 26.6 Å². The molecule has 1 aliphatic rings. The fourth-order valence-corrected chi connectivity index (χ4v) is 4.16. The van der Waals surface area contributed by atoms with Crippen LogP contribution in [-0.4, -0.2) is 18.5 Å². The van der Waals surface area contributed by atoms with Crippen LogP contribution >= 0.6 is 0 Å². The summed E-state index contributed by atoms with van der Waals surface area (Å²) in [5.41, 5.74) is -0.542. The lowest BCUT2D eigenvalue weighted by Gasteiger charge is -2.23. The van der Waals surface area contributed by atoms with Gasteiger partial charge in [0.1, 0.15) is 5.75 Å². The van der Waals surface area contributed by atoms with Gasteiger partial charge in [-0.2, -0.15) is 13.2 Å². The second kappa shape index (κ2) is 4.85. The molecule has 0 bridgehead atoms. The molecule has 2 aromatic carbocycles. The van der Waals surface area contributed by atoms with Crippen molar-refractivity contribution in [3.63, 3.8) is 0 Å². The largest absolute Gasteiger partial charge is 0.507 e. The van der Waals surface area contributed by atoms with Gasteiger partial charge >= 0.3 is 6.18 Å². The summed E-state index contributed by atoms with van der Waals surface area (Å²) in [6, 6.07) is 6.75. The Bertz CT molecular complexity index is 1140. The van der Waals surface area contributed by atoms with Gasteiger partial charge in [-0.3, -0.25) is 9.71 Å². The van der Waals surface area contributed by atoms with E-state index >= 15 is 0 Å². The van der Waals surface area contributed by atoms with Crippen LogP contribution in [-0.2, 0) is 16.2 Å². The molecule has 25 heavy (non-hydrogen) atoms. The molecule has 4 rings (SSSR count). The average molecular weight is 366 g/mol. The van der Waals surface area contributed by atoms with Crippen LogP contribution in [0, 0.1) is 0 Å². The maximum Gasteiger partial charge on any atom is 0.416 e. The van der Waals surface area contributed by atoms with E-state index in [0.29, 0.717) is 5.39 Å². The second-order valence-electron chi connectivity index (χ2n) is 5.53. The highest BCUT2D eigenvalue weighted by Gasteiger charge is 2.35. The van der Waals surface area contributed by atoms with Crippen molar-refractivity contribution in [1.29, 1.82) is 0 Å². The maximum atomic E-state index is 13.0. The lowest BCUT2D eigenvalue weighted by atomic mass is 9.98. The van der Waals surface area contributed by atoms with Crippen LogP contribution in [0.3, 0.4) is 0 Å². The monoisotopic (exact) mass is 366 g/mol. The minimum Gasteiger partial charge on any atom is -0.507 e. The Morgan fingerprint density at radius 3 is 2.52 bits per heavy atom. The number of benzene rings is 2. The first-order valence-electron chi connectivity index (χ1n) is 7.03. The van der Waals surface area contributed by atoms with Crippen LogP contribution in [0.2, 0.25) is 0 Å². The molecule has 0 saturated carbocycles. The first-order valence-corrected chi connectivity index (χ1v) is 8.52. The van der Waals surface area contributed by atoms with Crippen LogP contribution in [0.5, 0.6) is 5.75 Å². The zero-order chi connectivity index (χ0) is 18.0. The quantitative estimate of drug-likeness (QED) is 0.635. The van der Waals surface area contributed by atoms with Crippen molar-refractivity contribution in [3.8, 4) is 16.9 Å². The molecule has 0 spiro atoms. The minimum atomic E-state index is -4.60. The van der Waals surface area contributed by atoms with Gasteiger partial charge in [-0.25, -0.2) is 8.42 Å². The Hall–Kier alpha value is -2.81. The molecule has 0 saturated heterocycles.